The Morgan fingerprint density at radius 3 is 2.65 bits per heavy atom. The number of carbonyl (C=O) groups is 1. The molecule has 1 saturated carbocycles. The molecule has 3 nitrogen and oxygen atoms in total. The van der Waals surface area contributed by atoms with Gasteiger partial charge in [-0.25, -0.2) is 0 Å². The number of rotatable bonds is 6. The lowest BCUT2D eigenvalue weighted by atomic mass is 9.76. The average molecular weight is 233 g/mol. The van der Waals surface area contributed by atoms with Crippen molar-refractivity contribution in [3.63, 3.8) is 0 Å². The van der Waals surface area contributed by atoms with E-state index in [2.05, 4.69) is 29.6 Å². The largest absolute Gasteiger partial charge is 0.481 e. The molecule has 2 N–H and O–H groups in total. The number of hydrogen-bond donors (Lipinski definition) is 2. The van der Waals surface area contributed by atoms with Crippen LogP contribution in [0.15, 0.2) is 30.3 Å². The second kappa shape index (κ2) is 5.82. The lowest BCUT2D eigenvalue weighted by molar-refractivity contribution is -0.137. The topological polar surface area (TPSA) is 49.3 Å². The van der Waals surface area contributed by atoms with Crippen LogP contribution in [0, 0.1) is 0 Å². The van der Waals surface area contributed by atoms with E-state index < -0.39 is 5.97 Å². The second-order valence-electron chi connectivity index (χ2n) is 4.73. The molecule has 0 spiro atoms. The van der Waals surface area contributed by atoms with E-state index in [0.717, 1.165) is 13.0 Å². The van der Waals surface area contributed by atoms with Crippen LogP contribution in [0.3, 0.4) is 0 Å². The molecule has 0 amide bonds. The van der Waals surface area contributed by atoms with Crippen molar-refractivity contribution >= 4 is 5.97 Å². The molecule has 0 atom stereocenters. The first-order valence-electron chi connectivity index (χ1n) is 6.26. The van der Waals surface area contributed by atoms with Crippen LogP contribution < -0.4 is 5.32 Å². The van der Waals surface area contributed by atoms with Gasteiger partial charge in [0.1, 0.15) is 0 Å². The standard InChI is InChI=1S/C14H19NO2/c16-14(17)7-4-8-15-13-9-12(10-13)11-5-2-1-3-6-11/h1-3,5-6,12-13,15H,4,7-10H2,(H,16,17). The fourth-order valence-corrected chi connectivity index (χ4v) is 2.33. The van der Waals surface area contributed by atoms with Crippen LogP contribution in [0.5, 0.6) is 0 Å². The summed E-state index contributed by atoms with van der Waals surface area (Å²) >= 11 is 0. The van der Waals surface area contributed by atoms with Crippen molar-refractivity contribution in [2.45, 2.75) is 37.6 Å². The first-order valence-corrected chi connectivity index (χ1v) is 6.26. The Kier molecular flexibility index (Phi) is 4.15. The summed E-state index contributed by atoms with van der Waals surface area (Å²) in [6.45, 7) is 0.818. The SMILES string of the molecule is O=C(O)CCCNC1CC(c2ccccc2)C1. The van der Waals surface area contributed by atoms with Crippen molar-refractivity contribution in [3.05, 3.63) is 35.9 Å². The van der Waals surface area contributed by atoms with E-state index in [1.54, 1.807) is 0 Å². The molecule has 3 heteroatoms. The van der Waals surface area contributed by atoms with Gasteiger partial charge in [0.15, 0.2) is 0 Å². The molecule has 17 heavy (non-hydrogen) atoms. The lowest BCUT2D eigenvalue weighted by Gasteiger charge is -2.36. The summed E-state index contributed by atoms with van der Waals surface area (Å²) in [4.78, 5) is 10.3. The Bertz CT molecular complexity index is 358. The van der Waals surface area contributed by atoms with Crippen molar-refractivity contribution in [2.75, 3.05) is 6.54 Å². The Balaban J connectivity index is 1.61. The van der Waals surface area contributed by atoms with E-state index in [0.29, 0.717) is 12.0 Å². The van der Waals surface area contributed by atoms with Crippen molar-refractivity contribution in [1.29, 1.82) is 0 Å². The van der Waals surface area contributed by atoms with E-state index >= 15 is 0 Å². The van der Waals surface area contributed by atoms with E-state index in [4.69, 9.17) is 5.11 Å². The van der Waals surface area contributed by atoms with E-state index in [1.807, 2.05) is 6.07 Å². The minimum atomic E-state index is -0.706. The molecule has 0 aromatic heterocycles. The van der Waals surface area contributed by atoms with Gasteiger partial charge < -0.3 is 10.4 Å². The highest BCUT2D eigenvalue weighted by atomic mass is 16.4. The van der Waals surface area contributed by atoms with Gasteiger partial charge in [-0.3, -0.25) is 4.79 Å². The number of benzene rings is 1. The molecule has 0 heterocycles. The molecule has 1 fully saturated rings. The van der Waals surface area contributed by atoms with Gasteiger partial charge in [0, 0.05) is 12.5 Å². The fourth-order valence-electron chi connectivity index (χ4n) is 2.33. The van der Waals surface area contributed by atoms with Crippen molar-refractivity contribution < 1.29 is 9.90 Å². The average Bonchev–Trinajstić information content (AvgIpc) is 2.27. The zero-order chi connectivity index (χ0) is 12.1. The van der Waals surface area contributed by atoms with Gasteiger partial charge in [0.2, 0.25) is 0 Å². The zero-order valence-electron chi connectivity index (χ0n) is 9.93. The van der Waals surface area contributed by atoms with E-state index in [9.17, 15) is 4.79 Å². The van der Waals surface area contributed by atoms with Gasteiger partial charge in [-0.1, -0.05) is 30.3 Å². The number of hydrogen-bond acceptors (Lipinski definition) is 2. The summed E-state index contributed by atoms with van der Waals surface area (Å²) < 4.78 is 0. The fraction of sp³-hybridized carbons (Fsp3) is 0.500. The van der Waals surface area contributed by atoms with Crippen molar-refractivity contribution in [3.8, 4) is 0 Å². The maximum absolute atomic E-state index is 10.3. The third-order valence-electron chi connectivity index (χ3n) is 3.41. The Labute approximate surface area is 102 Å². The maximum Gasteiger partial charge on any atom is 0.303 e. The van der Waals surface area contributed by atoms with Crippen LogP contribution in [0.1, 0.15) is 37.2 Å². The monoisotopic (exact) mass is 233 g/mol. The number of aliphatic carboxylic acids is 1. The van der Waals surface area contributed by atoms with Gasteiger partial charge in [-0.05, 0) is 37.3 Å². The minimum Gasteiger partial charge on any atom is -0.481 e. The van der Waals surface area contributed by atoms with Gasteiger partial charge in [-0.2, -0.15) is 0 Å². The van der Waals surface area contributed by atoms with Crippen LogP contribution in [-0.2, 0) is 4.79 Å². The summed E-state index contributed by atoms with van der Waals surface area (Å²) in [6, 6.07) is 11.2. The molecule has 92 valence electrons. The van der Waals surface area contributed by atoms with Crippen LogP contribution in [0.25, 0.3) is 0 Å². The van der Waals surface area contributed by atoms with Crippen LogP contribution >= 0.6 is 0 Å². The lowest BCUT2D eigenvalue weighted by Crippen LogP contribution is -2.40. The molecular formula is C14H19NO2. The van der Waals surface area contributed by atoms with Gasteiger partial charge in [-0.15, -0.1) is 0 Å². The van der Waals surface area contributed by atoms with E-state index in [-0.39, 0.29) is 6.42 Å². The molecule has 1 aliphatic carbocycles. The molecule has 0 radical (unpaired) electrons. The summed E-state index contributed by atoms with van der Waals surface area (Å²) in [5, 5.41) is 11.9. The maximum atomic E-state index is 10.3. The zero-order valence-corrected chi connectivity index (χ0v) is 9.93. The number of carboxylic acids is 1. The van der Waals surface area contributed by atoms with Gasteiger partial charge in [0.25, 0.3) is 0 Å². The Morgan fingerprint density at radius 2 is 2.00 bits per heavy atom. The van der Waals surface area contributed by atoms with Gasteiger partial charge in [0.05, 0.1) is 0 Å². The first-order chi connectivity index (χ1) is 8.25. The quantitative estimate of drug-likeness (QED) is 0.742. The molecule has 0 aliphatic heterocycles. The minimum absolute atomic E-state index is 0.266. The first kappa shape index (κ1) is 12.1. The van der Waals surface area contributed by atoms with Crippen LogP contribution in [0.4, 0.5) is 0 Å². The predicted octanol–water partition coefficient (Wildman–Crippen LogP) is 2.39. The Hall–Kier alpha value is -1.35. The highest BCUT2D eigenvalue weighted by molar-refractivity contribution is 5.66. The summed E-state index contributed by atoms with van der Waals surface area (Å²) in [7, 11) is 0. The summed E-state index contributed by atoms with van der Waals surface area (Å²) in [5.41, 5.74) is 1.43. The second-order valence-corrected chi connectivity index (χ2v) is 4.73. The number of nitrogens with one attached hydrogen (secondary N) is 1. The third-order valence-corrected chi connectivity index (χ3v) is 3.41. The van der Waals surface area contributed by atoms with E-state index in [1.165, 1.54) is 18.4 Å². The highest BCUT2D eigenvalue weighted by Crippen LogP contribution is 2.36. The van der Waals surface area contributed by atoms with Crippen molar-refractivity contribution in [2.24, 2.45) is 0 Å². The van der Waals surface area contributed by atoms with Gasteiger partial charge >= 0.3 is 5.97 Å². The molecule has 0 saturated heterocycles. The molecule has 2 rings (SSSR count). The van der Waals surface area contributed by atoms with Crippen LogP contribution in [-0.4, -0.2) is 23.7 Å². The summed E-state index contributed by atoms with van der Waals surface area (Å²) in [5.74, 6) is -0.0178. The Morgan fingerprint density at radius 1 is 1.29 bits per heavy atom. The summed E-state index contributed by atoms with van der Waals surface area (Å²) in [6.07, 6.45) is 3.35. The molecule has 0 unspecified atom stereocenters. The molecule has 1 aliphatic rings. The smallest absolute Gasteiger partial charge is 0.303 e. The molecular weight excluding hydrogens is 214 g/mol. The highest BCUT2D eigenvalue weighted by Gasteiger charge is 2.29. The van der Waals surface area contributed by atoms with Crippen molar-refractivity contribution in [1.82, 2.24) is 5.32 Å². The number of carboxylic acid groups (broad SMARTS) is 1. The molecule has 0 bridgehead atoms. The predicted molar refractivity (Wildman–Crippen MR) is 67.1 cm³/mol. The van der Waals surface area contributed by atoms with Crippen LogP contribution in [0.2, 0.25) is 0 Å². The molecule has 1 aromatic carbocycles. The normalized spacial score (nSPS) is 23.1. The third kappa shape index (κ3) is 3.56. The molecule has 1 aromatic rings.